The van der Waals surface area contributed by atoms with Gasteiger partial charge in [-0.15, -0.1) is 0 Å². The van der Waals surface area contributed by atoms with Crippen LogP contribution in [0.1, 0.15) is 17.4 Å². The highest BCUT2D eigenvalue weighted by atomic mass is 16.7. The molecule has 0 bridgehead atoms. The molecule has 1 amide bonds. The molecule has 0 aliphatic carbocycles. The Labute approximate surface area is 150 Å². The Hall–Kier alpha value is -3.29. The van der Waals surface area contributed by atoms with Gasteiger partial charge >= 0.3 is 6.09 Å². The molecule has 1 N–H and O–H groups in total. The molecule has 1 heterocycles. The summed E-state index contributed by atoms with van der Waals surface area (Å²) < 4.78 is 5.31. The van der Waals surface area contributed by atoms with E-state index in [2.05, 4.69) is 9.97 Å². The number of rotatable bonds is 5. The van der Waals surface area contributed by atoms with Crippen LogP contribution < -0.4 is 9.80 Å². The number of hydrogen-bond acceptors (Lipinski definition) is 6. The number of carbonyl (C=O) groups excluding carboxylic acids is 1. The summed E-state index contributed by atoms with van der Waals surface area (Å²) in [5.74, 6) is 0.381. The number of nitrogens with zero attached hydrogens (tertiary/aromatic N) is 3. The average Bonchev–Trinajstić information content (AvgIpc) is 2.70. The third-order valence-electron chi connectivity index (χ3n) is 3.61. The number of para-hydroxylation sites is 2. The van der Waals surface area contributed by atoms with Gasteiger partial charge in [-0.3, -0.25) is 14.8 Å². The Morgan fingerprint density at radius 2 is 1.81 bits per heavy atom. The Balaban J connectivity index is 1.90. The second-order valence-electron chi connectivity index (χ2n) is 5.25. The SMILES string of the molecule is CON(C(=O)Oc1ccccc1)c1ccccc1C(O)c1cnccn1. The molecule has 1 aromatic heterocycles. The summed E-state index contributed by atoms with van der Waals surface area (Å²) in [6.07, 6.45) is 2.64. The van der Waals surface area contributed by atoms with Gasteiger partial charge in [0.25, 0.3) is 0 Å². The van der Waals surface area contributed by atoms with Gasteiger partial charge in [0.2, 0.25) is 0 Å². The van der Waals surface area contributed by atoms with Crippen LogP contribution in [0.2, 0.25) is 0 Å². The molecule has 0 aliphatic rings. The number of anilines is 1. The maximum absolute atomic E-state index is 12.5. The highest BCUT2D eigenvalue weighted by molar-refractivity contribution is 5.88. The van der Waals surface area contributed by atoms with E-state index in [4.69, 9.17) is 9.57 Å². The van der Waals surface area contributed by atoms with Crippen molar-refractivity contribution >= 4 is 11.8 Å². The fourth-order valence-corrected chi connectivity index (χ4v) is 2.42. The van der Waals surface area contributed by atoms with Crippen LogP contribution >= 0.6 is 0 Å². The highest BCUT2D eigenvalue weighted by Crippen LogP contribution is 2.30. The van der Waals surface area contributed by atoms with E-state index in [0.717, 1.165) is 5.06 Å². The first-order chi connectivity index (χ1) is 12.7. The summed E-state index contributed by atoms with van der Waals surface area (Å²) in [5, 5.41) is 11.6. The summed E-state index contributed by atoms with van der Waals surface area (Å²) in [5.41, 5.74) is 1.13. The number of hydroxylamine groups is 1. The van der Waals surface area contributed by atoms with Gasteiger partial charge in [0, 0.05) is 18.0 Å². The van der Waals surface area contributed by atoms with E-state index < -0.39 is 12.2 Å². The zero-order valence-electron chi connectivity index (χ0n) is 14.0. The van der Waals surface area contributed by atoms with E-state index in [-0.39, 0.29) is 0 Å². The fourth-order valence-electron chi connectivity index (χ4n) is 2.42. The molecule has 0 spiro atoms. The smallest absolute Gasteiger partial charge is 0.408 e. The minimum Gasteiger partial charge on any atom is -0.408 e. The van der Waals surface area contributed by atoms with Crippen LogP contribution in [0.25, 0.3) is 0 Å². The maximum Gasteiger partial charge on any atom is 0.444 e. The Kier molecular flexibility index (Phi) is 5.52. The number of hydrogen-bond donors (Lipinski definition) is 1. The number of ether oxygens (including phenoxy) is 1. The monoisotopic (exact) mass is 351 g/mol. The number of benzene rings is 2. The van der Waals surface area contributed by atoms with Crippen LogP contribution in [-0.2, 0) is 4.84 Å². The first-order valence-electron chi connectivity index (χ1n) is 7.84. The third-order valence-corrected chi connectivity index (χ3v) is 3.61. The van der Waals surface area contributed by atoms with Crippen LogP contribution in [0.5, 0.6) is 5.75 Å². The molecule has 26 heavy (non-hydrogen) atoms. The first kappa shape index (κ1) is 17.5. The van der Waals surface area contributed by atoms with Gasteiger partial charge < -0.3 is 9.84 Å². The molecular weight excluding hydrogens is 334 g/mol. The Morgan fingerprint density at radius 1 is 1.08 bits per heavy atom. The predicted octanol–water partition coefficient (Wildman–Crippen LogP) is 3.13. The van der Waals surface area contributed by atoms with Gasteiger partial charge in [-0.2, -0.15) is 5.06 Å². The van der Waals surface area contributed by atoms with E-state index >= 15 is 0 Å². The largest absolute Gasteiger partial charge is 0.444 e. The van der Waals surface area contributed by atoms with Gasteiger partial charge in [-0.25, -0.2) is 4.79 Å². The second kappa shape index (κ2) is 8.19. The molecule has 0 saturated carbocycles. The van der Waals surface area contributed by atoms with E-state index in [1.54, 1.807) is 48.5 Å². The Bertz CT molecular complexity index is 859. The van der Waals surface area contributed by atoms with Crippen molar-refractivity contribution in [2.45, 2.75) is 6.10 Å². The summed E-state index contributed by atoms with van der Waals surface area (Å²) in [7, 11) is 1.34. The molecule has 7 nitrogen and oxygen atoms in total. The quantitative estimate of drug-likeness (QED) is 0.711. The van der Waals surface area contributed by atoms with Gasteiger partial charge in [-0.1, -0.05) is 36.4 Å². The van der Waals surface area contributed by atoms with Crippen LogP contribution in [-0.4, -0.2) is 28.3 Å². The average molecular weight is 351 g/mol. The van der Waals surface area contributed by atoms with E-state index in [1.165, 1.54) is 25.7 Å². The van der Waals surface area contributed by atoms with Crippen LogP contribution in [0.3, 0.4) is 0 Å². The van der Waals surface area contributed by atoms with Crippen molar-refractivity contribution < 1.29 is 19.5 Å². The molecule has 1 atom stereocenters. The van der Waals surface area contributed by atoms with Crippen molar-refractivity contribution in [3.63, 3.8) is 0 Å². The molecule has 0 saturated heterocycles. The van der Waals surface area contributed by atoms with Gasteiger partial charge in [0.05, 0.1) is 24.7 Å². The standard InChI is InChI=1S/C19H17N3O4/c1-25-22(19(24)26-14-7-3-2-4-8-14)17-10-6-5-9-15(17)18(23)16-13-20-11-12-21-16/h2-13,18,23H,1H3. The van der Waals surface area contributed by atoms with Crippen molar-refractivity contribution in [1.82, 2.24) is 9.97 Å². The molecule has 1 unspecified atom stereocenters. The molecule has 7 heteroatoms. The van der Waals surface area contributed by atoms with Crippen LogP contribution in [0, 0.1) is 0 Å². The highest BCUT2D eigenvalue weighted by Gasteiger charge is 2.25. The molecular formula is C19H17N3O4. The lowest BCUT2D eigenvalue weighted by atomic mass is 10.0. The molecule has 2 aromatic carbocycles. The zero-order valence-corrected chi connectivity index (χ0v) is 14.0. The number of aliphatic hydroxyl groups excluding tert-OH is 1. The molecule has 3 rings (SSSR count). The molecule has 3 aromatic rings. The number of amides is 1. The van der Waals surface area contributed by atoms with Crippen LogP contribution in [0.4, 0.5) is 10.5 Å². The Morgan fingerprint density at radius 3 is 2.50 bits per heavy atom. The van der Waals surface area contributed by atoms with E-state index in [9.17, 15) is 9.90 Å². The lowest BCUT2D eigenvalue weighted by molar-refractivity contribution is 0.133. The van der Waals surface area contributed by atoms with Crippen molar-refractivity contribution in [3.05, 3.63) is 84.4 Å². The fraction of sp³-hybridized carbons (Fsp3) is 0.105. The molecule has 132 valence electrons. The van der Waals surface area contributed by atoms with Crippen LogP contribution in [0.15, 0.2) is 73.2 Å². The van der Waals surface area contributed by atoms with E-state index in [0.29, 0.717) is 22.7 Å². The van der Waals surface area contributed by atoms with Crippen molar-refractivity contribution in [2.75, 3.05) is 12.2 Å². The zero-order chi connectivity index (χ0) is 18.4. The van der Waals surface area contributed by atoms with Crippen molar-refractivity contribution in [2.24, 2.45) is 0 Å². The van der Waals surface area contributed by atoms with Gasteiger partial charge in [0.1, 0.15) is 11.9 Å². The minimum absolute atomic E-state index is 0.342. The van der Waals surface area contributed by atoms with Gasteiger partial charge in [-0.05, 0) is 18.2 Å². The molecule has 0 aliphatic heterocycles. The number of aliphatic hydroxyl groups is 1. The summed E-state index contributed by atoms with van der Waals surface area (Å²) in [4.78, 5) is 25.8. The molecule has 0 fully saturated rings. The number of aromatic nitrogens is 2. The van der Waals surface area contributed by atoms with Crippen molar-refractivity contribution in [1.29, 1.82) is 0 Å². The third kappa shape index (κ3) is 3.85. The maximum atomic E-state index is 12.5. The first-order valence-corrected chi connectivity index (χ1v) is 7.84. The topological polar surface area (TPSA) is 84.8 Å². The van der Waals surface area contributed by atoms with Gasteiger partial charge in [0.15, 0.2) is 0 Å². The summed E-state index contributed by atoms with van der Waals surface area (Å²) in [6, 6.07) is 15.4. The lowest BCUT2D eigenvalue weighted by Gasteiger charge is -2.23. The second-order valence-corrected chi connectivity index (χ2v) is 5.25. The van der Waals surface area contributed by atoms with E-state index in [1.807, 2.05) is 6.07 Å². The van der Waals surface area contributed by atoms with Crippen molar-refractivity contribution in [3.8, 4) is 5.75 Å². The summed E-state index contributed by atoms with van der Waals surface area (Å²) >= 11 is 0. The number of carbonyl (C=O) groups is 1. The lowest BCUT2D eigenvalue weighted by Crippen LogP contribution is -2.33. The molecule has 0 radical (unpaired) electrons. The predicted molar refractivity (Wildman–Crippen MR) is 94.5 cm³/mol. The summed E-state index contributed by atoms with van der Waals surface area (Å²) in [6.45, 7) is 0. The minimum atomic E-state index is -1.08. The normalized spacial score (nSPS) is 11.6.